The summed E-state index contributed by atoms with van der Waals surface area (Å²) in [6.45, 7) is 7.18. The molecule has 1 unspecified atom stereocenters. The first-order valence-electron chi connectivity index (χ1n) is 9.97. The Morgan fingerprint density at radius 2 is 1.74 bits per heavy atom. The van der Waals surface area contributed by atoms with Gasteiger partial charge in [-0.15, -0.1) is 0 Å². The van der Waals surface area contributed by atoms with Crippen LogP contribution in [0, 0.1) is 11.3 Å². The van der Waals surface area contributed by atoms with Gasteiger partial charge in [0.2, 0.25) is 11.8 Å². The molecule has 8 heteroatoms. The van der Waals surface area contributed by atoms with Gasteiger partial charge in [-0.1, -0.05) is 13.8 Å². The molecule has 1 atom stereocenters. The van der Waals surface area contributed by atoms with E-state index in [0.29, 0.717) is 5.41 Å². The molecule has 0 bridgehead atoms. The van der Waals surface area contributed by atoms with Crippen LogP contribution in [0.2, 0.25) is 0 Å². The molecule has 3 fully saturated rings. The van der Waals surface area contributed by atoms with Crippen LogP contribution in [-0.2, 0) is 9.59 Å². The third-order valence-electron chi connectivity index (χ3n) is 6.28. The van der Waals surface area contributed by atoms with Crippen molar-refractivity contribution in [1.29, 1.82) is 0 Å². The van der Waals surface area contributed by atoms with Crippen molar-refractivity contribution < 1.29 is 18.4 Å². The Balaban J connectivity index is 1.47. The molecule has 3 aliphatic rings. The summed E-state index contributed by atoms with van der Waals surface area (Å²) in [7, 11) is 2.12. The number of carbonyl (C=O) groups excluding carboxylic acids is 2. The van der Waals surface area contributed by atoms with Crippen LogP contribution in [0.15, 0.2) is 0 Å². The first-order chi connectivity index (χ1) is 12.6. The highest BCUT2D eigenvalue weighted by Gasteiger charge is 2.47. The molecule has 0 saturated carbocycles. The molecular formula is C19H32F2N4O2. The second-order valence-corrected chi connectivity index (χ2v) is 9.03. The third-order valence-corrected chi connectivity index (χ3v) is 6.28. The van der Waals surface area contributed by atoms with E-state index >= 15 is 0 Å². The maximum atomic E-state index is 14.4. The Kier molecular flexibility index (Phi) is 5.77. The predicted octanol–water partition coefficient (Wildman–Crippen LogP) is 1.02. The van der Waals surface area contributed by atoms with Gasteiger partial charge in [0.25, 0.3) is 5.92 Å². The van der Waals surface area contributed by atoms with Crippen LogP contribution in [0.25, 0.3) is 0 Å². The largest absolute Gasteiger partial charge is 0.347 e. The molecule has 0 radical (unpaired) electrons. The van der Waals surface area contributed by atoms with E-state index in [9.17, 15) is 18.4 Å². The van der Waals surface area contributed by atoms with Gasteiger partial charge in [0.15, 0.2) is 0 Å². The normalized spacial score (nSPS) is 28.2. The fourth-order valence-electron chi connectivity index (χ4n) is 4.56. The van der Waals surface area contributed by atoms with Crippen LogP contribution < -0.4 is 5.32 Å². The van der Waals surface area contributed by atoms with Crippen LogP contribution in [-0.4, -0.2) is 91.3 Å². The van der Waals surface area contributed by atoms with Crippen molar-refractivity contribution in [1.82, 2.24) is 20.0 Å². The Morgan fingerprint density at radius 1 is 1.11 bits per heavy atom. The van der Waals surface area contributed by atoms with Crippen molar-refractivity contribution in [3.63, 3.8) is 0 Å². The molecule has 27 heavy (non-hydrogen) atoms. The maximum Gasteiger partial charge on any atom is 0.285 e. The summed E-state index contributed by atoms with van der Waals surface area (Å²) in [5, 5.41) is 2.43. The van der Waals surface area contributed by atoms with Gasteiger partial charge in [-0.3, -0.25) is 14.5 Å². The van der Waals surface area contributed by atoms with Crippen molar-refractivity contribution in [2.24, 2.45) is 11.3 Å². The van der Waals surface area contributed by atoms with Crippen LogP contribution >= 0.6 is 0 Å². The van der Waals surface area contributed by atoms with Crippen molar-refractivity contribution in [3.8, 4) is 0 Å². The minimum absolute atomic E-state index is 0.0899. The number of nitrogens with one attached hydrogen (secondary N) is 1. The Hall–Kier alpha value is -1.28. The number of hydrogen-bond donors (Lipinski definition) is 1. The smallest absolute Gasteiger partial charge is 0.285 e. The van der Waals surface area contributed by atoms with Crippen LogP contribution in [0.5, 0.6) is 0 Å². The van der Waals surface area contributed by atoms with Gasteiger partial charge < -0.3 is 15.1 Å². The van der Waals surface area contributed by atoms with E-state index in [-0.39, 0.29) is 37.2 Å². The lowest BCUT2D eigenvalue weighted by Crippen LogP contribution is -2.61. The van der Waals surface area contributed by atoms with Crippen molar-refractivity contribution >= 4 is 11.8 Å². The summed E-state index contributed by atoms with van der Waals surface area (Å²) in [6, 6.07) is -1.19. The Morgan fingerprint density at radius 3 is 2.26 bits per heavy atom. The Bertz CT molecular complexity index is 568. The van der Waals surface area contributed by atoms with E-state index in [1.807, 2.05) is 0 Å². The van der Waals surface area contributed by atoms with Gasteiger partial charge in [-0.2, -0.15) is 0 Å². The summed E-state index contributed by atoms with van der Waals surface area (Å²) in [6.07, 6.45) is 2.24. The fourth-order valence-corrected chi connectivity index (χ4v) is 4.56. The first kappa shape index (κ1) is 20.5. The van der Waals surface area contributed by atoms with Crippen molar-refractivity contribution in [2.45, 2.75) is 45.1 Å². The van der Waals surface area contributed by atoms with E-state index < -0.39 is 18.5 Å². The SMILES string of the molecule is CC(C)C(=O)NC1CCN(C(=O)CN2CCC3(CC2)CN(C)C3)CC1(F)F. The molecule has 154 valence electrons. The minimum atomic E-state index is -3.10. The number of carbonyl (C=O) groups is 2. The molecule has 0 aliphatic carbocycles. The highest BCUT2D eigenvalue weighted by Crippen LogP contribution is 2.39. The molecule has 0 aromatic carbocycles. The van der Waals surface area contributed by atoms with E-state index in [1.54, 1.807) is 13.8 Å². The molecule has 0 aromatic rings. The zero-order valence-corrected chi connectivity index (χ0v) is 16.6. The second kappa shape index (κ2) is 7.62. The average Bonchev–Trinajstić information content (AvgIpc) is 2.56. The molecule has 3 saturated heterocycles. The lowest BCUT2D eigenvalue weighted by atomic mass is 9.72. The lowest BCUT2D eigenvalue weighted by molar-refractivity contribution is -0.149. The fraction of sp³-hybridized carbons (Fsp3) is 0.895. The van der Waals surface area contributed by atoms with Gasteiger partial charge in [-0.25, -0.2) is 8.78 Å². The number of amides is 2. The highest BCUT2D eigenvalue weighted by molar-refractivity contribution is 5.79. The van der Waals surface area contributed by atoms with E-state index in [1.165, 1.54) is 4.90 Å². The number of piperidine rings is 2. The summed E-state index contributed by atoms with van der Waals surface area (Å²) in [4.78, 5) is 30.0. The minimum Gasteiger partial charge on any atom is -0.347 e. The van der Waals surface area contributed by atoms with Crippen LogP contribution in [0.3, 0.4) is 0 Å². The van der Waals surface area contributed by atoms with Gasteiger partial charge in [0.05, 0.1) is 19.1 Å². The monoisotopic (exact) mass is 386 g/mol. The molecule has 0 aromatic heterocycles. The first-order valence-corrected chi connectivity index (χ1v) is 9.97. The molecule has 3 aliphatic heterocycles. The number of hydrogen-bond acceptors (Lipinski definition) is 4. The quantitative estimate of drug-likeness (QED) is 0.784. The third kappa shape index (κ3) is 4.59. The Labute approximate surface area is 160 Å². The van der Waals surface area contributed by atoms with Crippen LogP contribution in [0.1, 0.15) is 33.1 Å². The summed E-state index contributed by atoms with van der Waals surface area (Å²) in [5.74, 6) is -4.03. The number of nitrogens with zero attached hydrogens (tertiary/aromatic N) is 3. The number of rotatable bonds is 4. The molecule has 1 spiro atoms. The number of likely N-dealkylation sites (tertiary alicyclic amines) is 3. The molecule has 2 amide bonds. The van der Waals surface area contributed by atoms with E-state index in [4.69, 9.17) is 0 Å². The van der Waals surface area contributed by atoms with Crippen molar-refractivity contribution in [2.75, 3.05) is 52.9 Å². The predicted molar refractivity (Wildman–Crippen MR) is 98.5 cm³/mol. The average molecular weight is 386 g/mol. The molecule has 6 nitrogen and oxygen atoms in total. The molecule has 3 heterocycles. The molecular weight excluding hydrogens is 354 g/mol. The van der Waals surface area contributed by atoms with E-state index in [2.05, 4.69) is 22.2 Å². The van der Waals surface area contributed by atoms with Gasteiger partial charge in [-0.05, 0) is 44.8 Å². The summed E-state index contributed by atoms with van der Waals surface area (Å²) < 4.78 is 28.9. The second-order valence-electron chi connectivity index (χ2n) is 9.03. The zero-order chi connectivity index (χ0) is 19.8. The lowest BCUT2D eigenvalue weighted by Gasteiger charge is -2.53. The summed E-state index contributed by atoms with van der Waals surface area (Å²) in [5.41, 5.74) is 0.411. The van der Waals surface area contributed by atoms with Crippen molar-refractivity contribution in [3.05, 3.63) is 0 Å². The zero-order valence-electron chi connectivity index (χ0n) is 16.6. The maximum absolute atomic E-state index is 14.4. The van der Waals surface area contributed by atoms with Crippen LogP contribution in [0.4, 0.5) is 8.78 Å². The topological polar surface area (TPSA) is 55.9 Å². The highest BCUT2D eigenvalue weighted by atomic mass is 19.3. The standard InChI is InChI=1S/C19H32F2N4O2/c1-14(2)17(27)22-15-4-7-25(13-19(15,20)21)16(26)10-24-8-5-18(6-9-24)11-23(3)12-18/h14-15H,4-13H2,1-3H3,(H,22,27). The number of halogens is 2. The van der Waals surface area contributed by atoms with E-state index in [0.717, 1.165) is 39.0 Å². The molecule has 1 N–H and O–H groups in total. The number of alkyl halides is 2. The summed E-state index contributed by atoms with van der Waals surface area (Å²) >= 11 is 0. The van der Waals surface area contributed by atoms with Gasteiger partial charge >= 0.3 is 0 Å². The molecule has 3 rings (SSSR count). The van der Waals surface area contributed by atoms with Gasteiger partial charge in [0, 0.05) is 25.6 Å². The van der Waals surface area contributed by atoms with Gasteiger partial charge in [0.1, 0.15) is 0 Å².